The molecule has 0 saturated carbocycles. The van der Waals surface area contributed by atoms with Crippen LogP contribution < -0.4 is 5.56 Å². The number of esters is 1. The van der Waals surface area contributed by atoms with E-state index in [2.05, 4.69) is 5.10 Å². The molecule has 0 saturated heterocycles. The van der Waals surface area contributed by atoms with E-state index in [9.17, 15) is 9.59 Å². The minimum Gasteiger partial charge on any atom is -0.456 e. The summed E-state index contributed by atoms with van der Waals surface area (Å²) < 4.78 is 6.67. The van der Waals surface area contributed by atoms with Crippen LogP contribution in [0.1, 0.15) is 16.1 Å². The van der Waals surface area contributed by atoms with Gasteiger partial charge in [-0.2, -0.15) is 9.78 Å². The Morgan fingerprint density at radius 3 is 2.11 bits per heavy atom. The summed E-state index contributed by atoms with van der Waals surface area (Å²) in [6.07, 6.45) is 0. The number of carbonyl (C=O) groups is 1. The topological polar surface area (TPSA) is 61.2 Å². The van der Waals surface area contributed by atoms with Crippen molar-refractivity contribution >= 4 is 16.7 Å². The van der Waals surface area contributed by atoms with Gasteiger partial charge in [-0.25, -0.2) is 4.79 Å². The van der Waals surface area contributed by atoms with E-state index >= 15 is 0 Å². The van der Waals surface area contributed by atoms with E-state index in [0.29, 0.717) is 16.5 Å². The number of aromatic nitrogens is 2. The molecule has 0 amide bonds. The van der Waals surface area contributed by atoms with Gasteiger partial charge in [0.2, 0.25) is 0 Å². The number of benzene rings is 3. The molecule has 0 aliphatic carbocycles. The second-order valence-corrected chi connectivity index (χ2v) is 6.01. The molecule has 0 aliphatic heterocycles. The second kappa shape index (κ2) is 7.25. The summed E-state index contributed by atoms with van der Waals surface area (Å²) in [5.74, 6) is -0.570. The Balaban J connectivity index is 1.78. The van der Waals surface area contributed by atoms with Gasteiger partial charge in [-0.15, -0.1) is 0 Å². The minimum absolute atomic E-state index is 0.116. The number of para-hydroxylation sites is 1. The van der Waals surface area contributed by atoms with E-state index < -0.39 is 5.97 Å². The first-order valence-corrected chi connectivity index (χ1v) is 8.52. The zero-order valence-electron chi connectivity index (χ0n) is 14.4. The number of ether oxygens (including phenoxy) is 1. The minimum atomic E-state index is -0.570. The molecule has 0 N–H and O–H groups in total. The zero-order valence-corrected chi connectivity index (χ0v) is 14.4. The van der Waals surface area contributed by atoms with Crippen LogP contribution in [0.4, 0.5) is 0 Å². The molecule has 0 fully saturated rings. The molecule has 3 aromatic carbocycles. The van der Waals surface area contributed by atoms with Crippen LogP contribution in [0.3, 0.4) is 0 Å². The highest BCUT2D eigenvalue weighted by atomic mass is 16.5. The Kier molecular flexibility index (Phi) is 4.49. The van der Waals surface area contributed by atoms with Gasteiger partial charge in [-0.05, 0) is 23.8 Å². The number of nitrogens with zero attached hydrogens (tertiary/aromatic N) is 2. The highest BCUT2D eigenvalue weighted by Crippen LogP contribution is 2.16. The van der Waals surface area contributed by atoms with E-state index in [-0.39, 0.29) is 17.9 Å². The third kappa shape index (κ3) is 3.35. The predicted molar refractivity (Wildman–Crippen MR) is 103 cm³/mol. The van der Waals surface area contributed by atoms with Gasteiger partial charge < -0.3 is 4.74 Å². The maximum atomic E-state index is 12.8. The first-order valence-electron chi connectivity index (χ1n) is 8.52. The lowest BCUT2D eigenvalue weighted by Crippen LogP contribution is -2.25. The van der Waals surface area contributed by atoms with Crippen molar-refractivity contribution < 1.29 is 9.53 Å². The molecule has 0 radical (unpaired) electrons. The molecule has 1 aromatic heterocycles. The number of rotatable bonds is 4. The quantitative estimate of drug-likeness (QED) is 0.523. The molecular weight excluding hydrogens is 340 g/mol. The molecule has 0 bridgehead atoms. The Labute approximate surface area is 155 Å². The monoisotopic (exact) mass is 356 g/mol. The summed E-state index contributed by atoms with van der Waals surface area (Å²) in [5.41, 5.74) is 1.30. The Hall–Kier alpha value is -3.73. The average Bonchev–Trinajstić information content (AvgIpc) is 2.74. The SMILES string of the molecule is O=C(OCc1ccccc1)c1nn(-c2ccccc2)c(=O)c2ccccc12. The van der Waals surface area contributed by atoms with Crippen molar-refractivity contribution in [1.82, 2.24) is 9.78 Å². The fourth-order valence-electron chi connectivity index (χ4n) is 2.88. The standard InChI is InChI=1S/C22H16N2O3/c25-21-19-14-8-7-13-18(19)20(23-24(21)17-11-5-2-6-12-17)22(26)27-15-16-9-3-1-4-10-16/h1-14H,15H2. The van der Waals surface area contributed by atoms with Crippen molar-refractivity contribution in [2.75, 3.05) is 0 Å². The number of fused-ring (bicyclic) bond motifs is 1. The fourth-order valence-corrected chi connectivity index (χ4v) is 2.88. The van der Waals surface area contributed by atoms with Crippen LogP contribution >= 0.6 is 0 Å². The molecule has 1 heterocycles. The van der Waals surface area contributed by atoms with Crippen molar-refractivity contribution in [2.24, 2.45) is 0 Å². The van der Waals surface area contributed by atoms with Crippen molar-refractivity contribution in [3.8, 4) is 5.69 Å². The summed E-state index contributed by atoms with van der Waals surface area (Å²) in [6.45, 7) is 0.139. The van der Waals surface area contributed by atoms with Crippen molar-refractivity contribution in [3.05, 3.63) is 107 Å². The lowest BCUT2D eigenvalue weighted by atomic mass is 10.1. The summed E-state index contributed by atoms with van der Waals surface area (Å²) in [6, 6.07) is 25.4. The molecule has 0 unspecified atom stereocenters. The molecule has 0 spiro atoms. The van der Waals surface area contributed by atoms with Crippen molar-refractivity contribution in [2.45, 2.75) is 6.61 Å². The third-order valence-electron chi connectivity index (χ3n) is 4.21. The van der Waals surface area contributed by atoms with E-state index in [4.69, 9.17) is 4.74 Å². The number of hydrogen-bond acceptors (Lipinski definition) is 4. The average molecular weight is 356 g/mol. The second-order valence-electron chi connectivity index (χ2n) is 6.01. The van der Waals surface area contributed by atoms with Crippen LogP contribution in [-0.4, -0.2) is 15.7 Å². The molecule has 132 valence electrons. The van der Waals surface area contributed by atoms with Gasteiger partial charge in [0.05, 0.1) is 11.1 Å². The molecule has 27 heavy (non-hydrogen) atoms. The van der Waals surface area contributed by atoms with E-state index in [1.54, 1.807) is 36.4 Å². The number of carbonyl (C=O) groups excluding carboxylic acids is 1. The van der Waals surface area contributed by atoms with Crippen molar-refractivity contribution in [1.29, 1.82) is 0 Å². The summed E-state index contributed by atoms with van der Waals surface area (Å²) >= 11 is 0. The zero-order chi connectivity index (χ0) is 18.6. The Morgan fingerprint density at radius 1 is 0.815 bits per heavy atom. The van der Waals surface area contributed by atoms with Crippen LogP contribution in [0.5, 0.6) is 0 Å². The van der Waals surface area contributed by atoms with E-state index in [1.807, 2.05) is 48.5 Å². The van der Waals surface area contributed by atoms with E-state index in [0.717, 1.165) is 5.56 Å². The fraction of sp³-hybridized carbons (Fsp3) is 0.0455. The van der Waals surface area contributed by atoms with Gasteiger partial charge in [-0.3, -0.25) is 4.79 Å². The first-order chi connectivity index (χ1) is 13.2. The van der Waals surface area contributed by atoms with Gasteiger partial charge in [0, 0.05) is 5.39 Å². The van der Waals surface area contributed by atoms with Crippen LogP contribution in [0.15, 0.2) is 89.7 Å². The smallest absolute Gasteiger partial charge is 0.359 e. The Morgan fingerprint density at radius 2 is 1.41 bits per heavy atom. The largest absolute Gasteiger partial charge is 0.456 e. The predicted octanol–water partition coefficient (Wildman–Crippen LogP) is 3.74. The lowest BCUT2D eigenvalue weighted by Gasteiger charge is -2.11. The molecule has 4 rings (SSSR count). The lowest BCUT2D eigenvalue weighted by molar-refractivity contribution is 0.0466. The van der Waals surface area contributed by atoms with E-state index in [1.165, 1.54) is 4.68 Å². The highest BCUT2D eigenvalue weighted by Gasteiger charge is 2.18. The van der Waals surface area contributed by atoms with Gasteiger partial charge in [0.1, 0.15) is 6.61 Å². The molecule has 5 nitrogen and oxygen atoms in total. The van der Waals surface area contributed by atoms with Crippen LogP contribution in [0.25, 0.3) is 16.5 Å². The first kappa shape index (κ1) is 16.7. The van der Waals surface area contributed by atoms with Crippen molar-refractivity contribution in [3.63, 3.8) is 0 Å². The van der Waals surface area contributed by atoms with Crippen LogP contribution in [-0.2, 0) is 11.3 Å². The number of hydrogen-bond donors (Lipinski definition) is 0. The third-order valence-corrected chi connectivity index (χ3v) is 4.21. The molecule has 0 atom stereocenters. The maximum absolute atomic E-state index is 12.8. The van der Waals surface area contributed by atoms with Crippen LogP contribution in [0.2, 0.25) is 0 Å². The molecule has 5 heteroatoms. The summed E-state index contributed by atoms with van der Waals surface area (Å²) in [7, 11) is 0. The van der Waals surface area contributed by atoms with Gasteiger partial charge in [0.25, 0.3) is 5.56 Å². The van der Waals surface area contributed by atoms with Gasteiger partial charge in [-0.1, -0.05) is 66.7 Å². The van der Waals surface area contributed by atoms with Crippen LogP contribution in [0, 0.1) is 0 Å². The maximum Gasteiger partial charge on any atom is 0.359 e. The normalized spacial score (nSPS) is 10.7. The molecule has 4 aromatic rings. The highest BCUT2D eigenvalue weighted by molar-refractivity contribution is 6.02. The molecular formula is C22H16N2O3. The van der Waals surface area contributed by atoms with Gasteiger partial charge >= 0.3 is 5.97 Å². The summed E-state index contributed by atoms with van der Waals surface area (Å²) in [5, 5.41) is 5.21. The molecule has 0 aliphatic rings. The van der Waals surface area contributed by atoms with Gasteiger partial charge in [0.15, 0.2) is 5.69 Å². The summed E-state index contributed by atoms with van der Waals surface area (Å²) in [4.78, 5) is 25.6. The Bertz CT molecular complexity index is 1150.